The van der Waals surface area contributed by atoms with Gasteiger partial charge in [0.1, 0.15) is 5.69 Å². The summed E-state index contributed by atoms with van der Waals surface area (Å²) >= 11 is 3.10. The van der Waals surface area contributed by atoms with E-state index in [1.54, 1.807) is 4.57 Å². The fourth-order valence-corrected chi connectivity index (χ4v) is 1.57. The zero-order valence-corrected chi connectivity index (χ0v) is 8.35. The molecular weight excluding hydrogens is 230 g/mol. The first kappa shape index (κ1) is 9.64. The number of aromatic nitrogens is 2. The molecule has 0 atom stereocenters. The summed E-state index contributed by atoms with van der Waals surface area (Å²) in [4.78, 5) is 3.66. The molecule has 5 heteroatoms. The SMILES string of the molecule is CC(C)n1cc(C(F)F)nc1Br. The summed E-state index contributed by atoms with van der Waals surface area (Å²) in [5, 5.41) is 0. The number of halogens is 3. The quantitative estimate of drug-likeness (QED) is 0.774. The van der Waals surface area contributed by atoms with Gasteiger partial charge in [-0.25, -0.2) is 13.8 Å². The van der Waals surface area contributed by atoms with Crippen LogP contribution in [0.5, 0.6) is 0 Å². The Kier molecular flexibility index (Phi) is 2.82. The Morgan fingerprint density at radius 1 is 1.50 bits per heavy atom. The van der Waals surface area contributed by atoms with Crippen molar-refractivity contribution in [2.45, 2.75) is 26.3 Å². The van der Waals surface area contributed by atoms with Gasteiger partial charge in [0, 0.05) is 12.2 Å². The molecule has 0 N–H and O–H groups in total. The predicted molar refractivity (Wildman–Crippen MR) is 45.3 cm³/mol. The summed E-state index contributed by atoms with van der Waals surface area (Å²) < 4.78 is 26.4. The number of imidazole rings is 1. The van der Waals surface area contributed by atoms with Crippen LogP contribution in [0.4, 0.5) is 8.78 Å². The fraction of sp³-hybridized carbons (Fsp3) is 0.571. The van der Waals surface area contributed by atoms with E-state index in [0.717, 1.165) is 0 Å². The standard InChI is InChI=1S/C7H9BrF2N2/c1-4(2)12-3-5(6(9)10)11-7(12)8/h3-4,6H,1-2H3. The Morgan fingerprint density at radius 2 is 2.08 bits per heavy atom. The van der Waals surface area contributed by atoms with Crippen molar-refractivity contribution >= 4 is 15.9 Å². The second kappa shape index (κ2) is 3.51. The first-order valence-corrected chi connectivity index (χ1v) is 4.34. The molecule has 1 aromatic heterocycles. The number of rotatable bonds is 2. The minimum absolute atomic E-state index is 0.138. The molecule has 0 saturated heterocycles. The molecule has 0 aliphatic carbocycles. The van der Waals surface area contributed by atoms with Crippen LogP contribution in [-0.2, 0) is 0 Å². The third kappa shape index (κ3) is 1.83. The summed E-state index contributed by atoms with van der Waals surface area (Å²) in [7, 11) is 0. The van der Waals surface area contributed by atoms with Crippen LogP contribution in [0.2, 0.25) is 0 Å². The van der Waals surface area contributed by atoms with E-state index >= 15 is 0 Å². The Balaban J connectivity index is 3.00. The van der Waals surface area contributed by atoms with Crippen LogP contribution in [0.15, 0.2) is 10.9 Å². The highest BCUT2D eigenvalue weighted by Crippen LogP contribution is 2.22. The summed E-state index contributed by atoms with van der Waals surface area (Å²) in [5.74, 6) is 0. The number of hydrogen-bond acceptors (Lipinski definition) is 1. The van der Waals surface area contributed by atoms with Gasteiger partial charge in [-0.1, -0.05) is 0 Å². The molecule has 0 spiro atoms. The van der Waals surface area contributed by atoms with Crippen molar-refractivity contribution in [3.05, 3.63) is 16.6 Å². The molecule has 0 amide bonds. The van der Waals surface area contributed by atoms with Gasteiger partial charge < -0.3 is 4.57 Å². The Labute approximate surface area is 77.7 Å². The molecule has 0 aromatic carbocycles. The van der Waals surface area contributed by atoms with Gasteiger partial charge >= 0.3 is 0 Å². The first-order valence-electron chi connectivity index (χ1n) is 3.54. The Morgan fingerprint density at radius 3 is 2.33 bits per heavy atom. The van der Waals surface area contributed by atoms with E-state index in [4.69, 9.17) is 0 Å². The summed E-state index contributed by atoms with van der Waals surface area (Å²) in [5.41, 5.74) is -0.185. The summed E-state index contributed by atoms with van der Waals surface area (Å²) in [6.07, 6.45) is -1.14. The van der Waals surface area contributed by atoms with Crippen molar-refractivity contribution in [3.8, 4) is 0 Å². The van der Waals surface area contributed by atoms with E-state index in [9.17, 15) is 8.78 Å². The van der Waals surface area contributed by atoms with Gasteiger partial charge in [-0.2, -0.15) is 0 Å². The third-order valence-electron chi connectivity index (χ3n) is 1.49. The van der Waals surface area contributed by atoms with E-state index in [1.165, 1.54) is 6.20 Å². The monoisotopic (exact) mass is 238 g/mol. The number of alkyl halides is 2. The van der Waals surface area contributed by atoms with E-state index in [2.05, 4.69) is 20.9 Å². The van der Waals surface area contributed by atoms with Crippen molar-refractivity contribution in [1.29, 1.82) is 0 Å². The molecule has 1 aromatic rings. The molecule has 0 saturated carbocycles. The third-order valence-corrected chi connectivity index (χ3v) is 2.07. The summed E-state index contributed by atoms with van der Waals surface area (Å²) in [6.45, 7) is 3.81. The van der Waals surface area contributed by atoms with Crippen LogP contribution in [0.25, 0.3) is 0 Å². The largest absolute Gasteiger partial charge is 0.323 e. The maximum atomic E-state index is 12.1. The van der Waals surface area contributed by atoms with E-state index in [0.29, 0.717) is 4.73 Å². The lowest BCUT2D eigenvalue weighted by Gasteiger charge is -2.06. The van der Waals surface area contributed by atoms with Crippen LogP contribution >= 0.6 is 15.9 Å². The average Bonchev–Trinajstić information content (AvgIpc) is 2.30. The zero-order valence-electron chi connectivity index (χ0n) is 6.76. The second-order valence-corrected chi connectivity index (χ2v) is 3.45. The minimum Gasteiger partial charge on any atom is -0.323 e. The maximum Gasteiger partial charge on any atom is 0.281 e. The molecule has 0 fully saturated rings. The maximum absolute atomic E-state index is 12.1. The lowest BCUT2D eigenvalue weighted by atomic mass is 10.4. The highest BCUT2D eigenvalue weighted by molar-refractivity contribution is 9.10. The lowest BCUT2D eigenvalue weighted by molar-refractivity contribution is 0.146. The smallest absolute Gasteiger partial charge is 0.281 e. The summed E-state index contributed by atoms with van der Waals surface area (Å²) in [6, 6.07) is 0.138. The molecule has 1 heterocycles. The molecule has 68 valence electrons. The van der Waals surface area contributed by atoms with Gasteiger partial charge in [-0.05, 0) is 29.8 Å². The van der Waals surface area contributed by atoms with Crippen molar-refractivity contribution < 1.29 is 8.78 Å². The molecular formula is C7H9BrF2N2. The van der Waals surface area contributed by atoms with Gasteiger partial charge in [0.2, 0.25) is 0 Å². The van der Waals surface area contributed by atoms with Crippen LogP contribution in [0.1, 0.15) is 32.0 Å². The Hall–Kier alpha value is -0.450. The van der Waals surface area contributed by atoms with Crippen molar-refractivity contribution in [3.63, 3.8) is 0 Å². The van der Waals surface area contributed by atoms with Crippen LogP contribution in [-0.4, -0.2) is 9.55 Å². The number of hydrogen-bond donors (Lipinski definition) is 0. The highest BCUT2D eigenvalue weighted by Gasteiger charge is 2.14. The topological polar surface area (TPSA) is 17.8 Å². The first-order chi connectivity index (χ1) is 5.52. The molecule has 0 unspecified atom stereocenters. The van der Waals surface area contributed by atoms with Crippen LogP contribution < -0.4 is 0 Å². The van der Waals surface area contributed by atoms with Crippen molar-refractivity contribution in [2.24, 2.45) is 0 Å². The molecule has 2 nitrogen and oxygen atoms in total. The Bertz CT molecular complexity index is 270. The lowest BCUT2D eigenvalue weighted by Crippen LogP contribution is -1.98. The van der Waals surface area contributed by atoms with Gasteiger partial charge in [0.15, 0.2) is 4.73 Å². The number of nitrogens with zero attached hydrogens (tertiary/aromatic N) is 2. The molecule has 1 rings (SSSR count). The van der Waals surface area contributed by atoms with Crippen molar-refractivity contribution in [1.82, 2.24) is 9.55 Å². The molecule has 0 aliphatic rings. The van der Waals surface area contributed by atoms with E-state index in [1.807, 2.05) is 13.8 Å². The van der Waals surface area contributed by atoms with Gasteiger partial charge in [0.05, 0.1) is 0 Å². The fourth-order valence-electron chi connectivity index (χ4n) is 0.856. The molecule has 12 heavy (non-hydrogen) atoms. The highest BCUT2D eigenvalue weighted by atomic mass is 79.9. The van der Waals surface area contributed by atoms with Gasteiger partial charge in [-0.15, -0.1) is 0 Å². The van der Waals surface area contributed by atoms with Crippen molar-refractivity contribution in [2.75, 3.05) is 0 Å². The van der Waals surface area contributed by atoms with Crippen LogP contribution in [0.3, 0.4) is 0 Å². The minimum atomic E-state index is -2.50. The molecule has 0 aliphatic heterocycles. The molecule has 0 bridgehead atoms. The normalized spacial score (nSPS) is 11.6. The average molecular weight is 239 g/mol. The van der Waals surface area contributed by atoms with Gasteiger partial charge in [-0.3, -0.25) is 0 Å². The van der Waals surface area contributed by atoms with E-state index in [-0.39, 0.29) is 11.7 Å². The van der Waals surface area contributed by atoms with E-state index < -0.39 is 6.43 Å². The second-order valence-electron chi connectivity index (χ2n) is 2.74. The van der Waals surface area contributed by atoms with Gasteiger partial charge in [0.25, 0.3) is 6.43 Å². The van der Waals surface area contributed by atoms with Crippen LogP contribution in [0, 0.1) is 0 Å². The predicted octanol–water partition coefficient (Wildman–Crippen LogP) is 3.16. The zero-order chi connectivity index (χ0) is 9.30. The molecule has 0 radical (unpaired) electrons.